The molecule has 0 N–H and O–H groups in total. The molecular weight excluding hydrogens is 444 g/mol. The summed E-state index contributed by atoms with van der Waals surface area (Å²) in [5.74, 6) is -1.03. The maximum absolute atomic E-state index is 13.0. The molecule has 1 saturated heterocycles. The first-order valence-corrected chi connectivity index (χ1v) is 11.1. The first-order valence-electron chi connectivity index (χ1n) is 11.1. The van der Waals surface area contributed by atoms with Crippen LogP contribution in [-0.2, 0) is 35.1 Å². The molecule has 0 spiro atoms. The van der Waals surface area contributed by atoms with E-state index in [4.69, 9.17) is 18.9 Å². The molecule has 34 heavy (non-hydrogen) atoms. The van der Waals surface area contributed by atoms with Gasteiger partial charge in [-0.05, 0) is 45.4 Å². The van der Waals surface area contributed by atoms with Gasteiger partial charge in [0, 0.05) is 26.2 Å². The molecule has 10 heteroatoms. The maximum Gasteiger partial charge on any atom is 0.410 e. The predicted molar refractivity (Wildman–Crippen MR) is 122 cm³/mol. The van der Waals surface area contributed by atoms with Crippen LogP contribution in [0.5, 0.6) is 5.75 Å². The fourth-order valence-corrected chi connectivity index (χ4v) is 3.65. The number of carbonyl (C=O) groups is 4. The standard InChI is InChI=1S/C24H34N2O8/c1-7-33-20(28)12-19(27)25(13-17-8-10-18(31-5)11-9-17)14-24(21(29)32-6)15-26(16-24)22(30)34-23(2,3)4/h8-11H,7,12-16H2,1-6H3. The fraction of sp³-hybridized carbons (Fsp3) is 0.583. The molecule has 0 aromatic heterocycles. The van der Waals surface area contributed by atoms with Gasteiger partial charge in [-0.3, -0.25) is 14.4 Å². The molecule has 1 aliphatic heterocycles. The molecule has 1 heterocycles. The number of ether oxygens (including phenoxy) is 4. The Morgan fingerprint density at radius 3 is 2.18 bits per heavy atom. The highest BCUT2D eigenvalue weighted by atomic mass is 16.6. The van der Waals surface area contributed by atoms with Crippen molar-refractivity contribution in [1.29, 1.82) is 0 Å². The molecule has 2 amide bonds. The van der Waals surface area contributed by atoms with Crippen molar-refractivity contribution < 1.29 is 38.1 Å². The van der Waals surface area contributed by atoms with E-state index in [1.165, 1.54) is 16.9 Å². The van der Waals surface area contributed by atoms with Crippen LogP contribution in [0.1, 0.15) is 39.7 Å². The molecule has 1 aromatic carbocycles. The lowest BCUT2D eigenvalue weighted by Gasteiger charge is -2.49. The summed E-state index contributed by atoms with van der Waals surface area (Å²) < 4.78 is 20.5. The third kappa shape index (κ3) is 7.10. The second kappa shape index (κ2) is 11.2. The van der Waals surface area contributed by atoms with E-state index in [0.29, 0.717) is 5.75 Å². The minimum absolute atomic E-state index is 0.0282. The lowest BCUT2D eigenvalue weighted by molar-refractivity contribution is -0.167. The van der Waals surface area contributed by atoms with Crippen molar-refractivity contribution in [1.82, 2.24) is 9.80 Å². The summed E-state index contributed by atoms with van der Waals surface area (Å²) in [5, 5.41) is 0. The van der Waals surface area contributed by atoms with E-state index in [2.05, 4.69) is 0 Å². The Morgan fingerprint density at radius 1 is 1.06 bits per heavy atom. The number of methoxy groups -OCH3 is 2. The molecule has 0 saturated carbocycles. The average Bonchev–Trinajstić information content (AvgIpc) is 2.73. The third-order valence-corrected chi connectivity index (χ3v) is 5.24. The van der Waals surface area contributed by atoms with E-state index in [1.54, 1.807) is 59.1 Å². The van der Waals surface area contributed by atoms with Gasteiger partial charge in [0.2, 0.25) is 5.91 Å². The maximum atomic E-state index is 13.0. The zero-order valence-corrected chi connectivity index (χ0v) is 20.7. The Labute approximate surface area is 200 Å². The molecule has 0 unspecified atom stereocenters. The summed E-state index contributed by atoms with van der Waals surface area (Å²) in [6.07, 6.45) is -1.01. The molecule has 2 rings (SSSR count). The normalized spacial score (nSPS) is 14.5. The second-order valence-electron chi connectivity index (χ2n) is 9.19. The van der Waals surface area contributed by atoms with Gasteiger partial charge in [-0.1, -0.05) is 12.1 Å². The number of esters is 2. The van der Waals surface area contributed by atoms with Crippen LogP contribution >= 0.6 is 0 Å². The van der Waals surface area contributed by atoms with Crippen molar-refractivity contribution in [3.05, 3.63) is 29.8 Å². The zero-order valence-electron chi connectivity index (χ0n) is 20.7. The van der Waals surface area contributed by atoms with Gasteiger partial charge in [0.05, 0.1) is 20.8 Å². The van der Waals surface area contributed by atoms with Gasteiger partial charge in [0.25, 0.3) is 0 Å². The Hall–Kier alpha value is -3.30. The Bertz CT molecular complexity index is 885. The number of rotatable bonds is 9. The first-order chi connectivity index (χ1) is 15.9. The minimum Gasteiger partial charge on any atom is -0.497 e. The molecule has 0 aliphatic carbocycles. The Balaban J connectivity index is 2.24. The third-order valence-electron chi connectivity index (χ3n) is 5.24. The van der Waals surface area contributed by atoms with Crippen LogP contribution in [0.25, 0.3) is 0 Å². The van der Waals surface area contributed by atoms with Crippen molar-refractivity contribution in [3.8, 4) is 5.75 Å². The highest BCUT2D eigenvalue weighted by Crippen LogP contribution is 2.35. The highest BCUT2D eigenvalue weighted by Gasteiger charge is 2.54. The lowest BCUT2D eigenvalue weighted by atomic mass is 9.79. The van der Waals surface area contributed by atoms with Crippen molar-refractivity contribution in [2.75, 3.05) is 40.5 Å². The van der Waals surface area contributed by atoms with Crippen molar-refractivity contribution >= 4 is 23.9 Å². The summed E-state index contributed by atoms with van der Waals surface area (Å²) in [5.41, 5.74) is -1.04. The quantitative estimate of drug-likeness (QED) is 0.302. The average molecular weight is 479 g/mol. The first kappa shape index (κ1) is 26.9. The number of amides is 2. The Kier molecular flexibility index (Phi) is 8.89. The second-order valence-corrected chi connectivity index (χ2v) is 9.19. The van der Waals surface area contributed by atoms with Gasteiger partial charge in [0.1, 0.15) is 23.2 Å². The van der Waals surface area contributed by atoms with Crippen molar-refractivity contribution in [2.45, 2.75) is 46.3 Å². The van der Waals surface area contributed by atoms with E-state index < -0.39 is 41.4 Å². The molecule has 0 atom stereocenters. The van der Waals surface area contributed by atoms with Gasteiger partial charge < -0.3 is 28.7 Å². The molecular formula is C24H34N2O8. The smallest absolute Gasteiger partial charge is 0.410 e. The van der Waals surface area contributed by atoms with Gasteiger partial charge in [-0.25, -0.2) is 4.79 Å². The summed E-state index contributed by atoms with van der Waals surface area (Å²) in [4.78, 5) is 53.0. The highest BCUT2D eigenvalue weighted by molar-refractivity contribution is 5.94. The number of benzene rings is 1. The summed E-state index contributed by atoms with van der Waals surface area (Å²) in [6, 6.07) is 7.10. The van der Waals surface area contributed by atoms with E-state index in [1.807, 2.05) is 0 Å². The van der Waals surface area contributed by atoms with Crippen LogP contribution < -0.4 is 4.74 Å². The predicted octanol–water partition coefficient (Wildman–Crippen LogP) is 2.39. The SMILES string of the molecule is CCOC(=O)CC(=O)N(Cc1ccc(OC)cc1)CC1(C(=O)OC)CN(C(=O)OC(C)(C)C)C1. The van der Waals surface area contributed by atoms with E-state index >= 15 is 0 Å². The minimum atomic E-state index is -1.14. The van der Waals surface area contributed by atoms with Crippen LogP contribution in [0.15, 0.2) is 24.3 Å². The molecule has 0 radical (unpaired) electrons. The molecule has 0 bridgehead atoms. The van der Waals surface area contributed by atoms with Crippen LogP contribution in [0.3, 0.4) is 0 Å². The van der Waals surface area contributed by atoms with Gasteiger partial charge in [-0.2, -0.15) is 0 Å². The lowest BCUT2D eigenvalue weighted by Crippen LogP contribution is -2.67. The molecule has 1 aliphatic rings. The number of hydrogen-bond donors (Lipinski definition) is 0. The molecule has 1 fully saturated rings. The fourth-order valence-electron chi connectivity index (χ4n) is 3.65. The molecule has 188 valence electrons. The summed E-state index contributed by atoms with van der Waals surface area (Å²) >= 11 is 0. The number of carbonyl (C=O) groups excluding carboxylic acids is 4. The van der Waals surface area contributed by atoms with Crippen LogP contribution in [0.2, 0.25) is 0 Å². The number of hydrogen-bond acceptors (Lipinski definition) is 8. The van der Waals surface area contributed by atoms with Crippen LogP contribution in [-0.4, -0.2) is 79.8 Å². The monoisotopic (exact) mass is 478 g/mol. The Morgan fingerprint density at radius 2 is 1.68 bits per heavy atom. The summed E-state index contributed by atoms with van der Waals surface area (Å²) in [6.45, 7) is 7.23. The number of likely N-dealkylation sites (tertiary alicyclic amines) is 1. The van der Waals surface area contributed by atoms with Crippen LogP contribution in [0, 0.1) is 5.41 Å². The van der Waals surface area contributed by atoms with E-state index in [9.17, 15) is 19.2 Å². The summed E-state index contributed by atoms with van der Waals surface area (Å²) in [7, 11) is 2.81. The van der Waals surface area contributed by atoms with E-state index in [0.717, 1.165) is 5.56 Å². The van der Waals surface area contributed by atoms with Gasteiger partial charge in [0.15, 0.2) is 0 Å². The molecule has 10 nitrogen and oxygen atoms in total. The van der Waals surface area contributed by atoms with Gasteiger partial charge >= 0.3 is 18.0 Å². The largest absolute Gasteiger partial charge is 0.497 e. The van der Waals surface area contributed by atoms with E-state index in [-0.39, 0.29) is 32.8 Å². The topological polar surface area (TPSA) is 112 Å². The van der Waals surface area contributed by atoms with Crippen molar-refractivity contribution in [2.24, 2.45) is 5.41 Å². The number of nitrogens with zero attached hydrogens (tertiary/aromatic N) is 2. The van der Waals surface area contributed by atoms with Gasteiger partial charge in [-0.15, -0.1) is 0 Å². The van der Waals surface area contributed by atoms with Crippen molar-refractivity contribution in [3.63, 3.8) is 0 Å². The zero-order chi connectivity index (χ0) is 25.5. The molecule has 1 aromatic rings. The van der Waals surface area contributed by atoms with Crippen LogP contribution in [0.4, 0.5) is 4.79 Å².